The summed E-state index contributed by atoms with van der Waals surface area (Å²) in [4.78, 5) is 4.80. The monoisotopic (exact) mass is 470 g/mol. The van der Waals surface area contributed by atoms with Crippen molar-refractivity contribution in [2.24, 2.45) is 10.6 Å². The molecule has 1 aliphatic carbocycles. The zero-order chi connectivity index (χ0) is 24.4. The lowest BCUT2D eigenvalue weighted by Gasteiger charge is -2.36. The van der Waals surface area contributed by atoms with Crippen LogP contribution in [0.3, 0.4) is 0 Å². The Balaban J connectivity index is 0.00000114. The molecule has 0 fully saturated rings. The second-order valence-electron chi connectivity index (χ2n) is 9.37. The van der Waals surface area contributed by atoms with Crippen LogP contribution >= 0.6 is 11.9 Å². The first-order valence-electron chi connectivity index (χ1n) is 10.5. The van der Waals surface area contributed by atoms with Crippen LogP contribution in [-0.4, -0.2) is 21.5 Å². The molecule has 1 heterocycles. The molecular weight excluding hydrogens is 437 g/mol. The van der Waals surface area contributed by atoms with Gasteiger partial charge >= 0.3 is 6.18 Å². The molecule has 4 N–H and O–H groups in total. The third-order valence-corrected chi connectivity index (χ3v) is 5.73. The summed E-state index contributed by atoms with van der Waals surface area (Å²) in [6.45, 7) is 9.87. The highest BCUT2D eigenvalue weighted by Gasteiger charge is 2.36. The standard InChI is InChI=1S/C23H28F3NO2.CH5NS/c1-12(2)20-19(21(29)14-7-6-8-15(9-14)23(24,25)26)13(3)18-16(27-20)10-22(4,5)11-17(18)28;1-3-2/h6-9,12,17,21,28-29H,10-11H2,1-5H3;2H2,1H3/t17?,21-;/m0./s1. The summed E-state index contributed by atoms with van der Waals surface area (Å²) in [7, 11) is 0. The topological polar surface area (TPSA) is 79.4 Å². The van der Waals surface area contributed by atoms with E-state index in [1.807, 2.05) is 27.0 Å². The summed E-state index contributed by atoms with van der Waals surface area (Å²) in [5.41, 5.74) is 2.66. The third kappa shape index (κ3) is 5.84. The van der Waals surface area contributed by atoms with Gasteiger partial charge < -0.3 is 10.2 Å². The summed E-state index contributed by atoms with van der Waals surface area (Å²) in [6.07, 6.45) is -3.35. The number of pyridine rings is 1. The Kier molecular flexibility index (Phi) is 8.42. The average molecular weight is 471 g/mol. The van der Waals surface area contributed by atoms with Gasteiger partial charge in [-0.05, 0) is 60.6 Å². The van der Waals surface area contributed by atoms with Gasteiger partial charge in [0.1, 0.15) is 6.10 Å². The molecule has 1 aromatic heterocycles. The van der Waals surface area contributed by atoms with Crippen LogP contribution in [0, 0.1) is 12.3 Å². The highest BCUT2D eigenvalue weighted by molar-refractivity contribution is 7.96. The number of hydrogen-bond acceptors (Lipinski definition) is 5. The molecule has 2 atom stereocenters. The number of aliphatic hydroxyl groups is 2. The number of rotatable bonds is 3. The summed E-state index contributed by atoms with van der Waals surface area (Å²) in [6, 6.07) is 4.76. The van der Waals surface area contributed by atoms with Crippen molar-refractivity contribution in [3.8, 4) is 0 Å². The second-order valence-corrected chi connectivity index (χ2v) is 9.84. The van der Waals surface area contributed by atoms with Crippen LogP contribution in [0.5, 0.6) is 0 Å². The predicted molar refractivity (Wildman–Crippen MR) is 123 cm³/mol. The summed E-state index contributed by atoms with van der Waals surface area (Å²) < 4.78 is 39.4. The van der Waals surface area contributed by atoms with Gasteiger partial charge in [0.05, 0.1) is 11.7 Å². The lowest BCUT2D eigenvalue weighted by Crippen LogP contribution is -2.29. The second kappa shape index (κ2) is 10.1. The fourth-order valence-electron chi connectivity index (χ4n) is 4.38. The van der Waals surface area contributed by atoms with Crippen LogP contribution < -0.4 is 5.14 Å². The van der Waals surface area contributed by atoms with E-state index in [0.29, 0.717) is 35.2 Å². The van der Waals surface area contributed by atoms with E-state index in [2.05, 4.69) is 13.8 Å². The van der Waals surface area contributed by atoms with E-state index < -0.39 is 23.9 Å². The Labute approximate surface area is 192 Å². The van der Waals surface area contributed by atoms with Gasteiger partial charge in [-0.3, -0.25) is 10.1 Å². The third-order valence-electron chi connectivity index (χ3n) is 5.73. The molecule has 2 aromatic rings. The van der Waals surface area contributed by atoms with Gasteiger partial charge in [-0.25, -0.2) is 0 Å². The van der Waals surface area contributed by atoms with Crippen LogP contribution in [0.1, 0.15) is 91.4 Å². The molecule has 8 heteroatoms. The Hall–Kier alpha value is -1.61. The molecule has 1 unspecified atom stereocenters. The number of nitrogens with two attached hydrogens (primary N) is 1. The fourth-order valence-corrected chi connectivity index (χ4v) is 4.38. The van der Waals surface area contributed by atoms with Crippen molar-refractivity contribution in [1.82, 2.24) is 4.98 Å². The number of fused-ring (bicyclic) bond motifs is 1. The van der Waals surface area contributed by atoms with Crippen molar-refractivity contribution < 1.29 is 23.4 Å². The van der Waals surface area contributed by atoms with Gasteiger partial charge in [0.15, 0.2) is 0 Å². The van der Waals surface area contributed by atoms with E-state index in [1.54, 1.807) is 0 Å². The molecule has 0 radical (unpaired) electrons. The molecule has 0 aliphatic heterocycles. The number of aliphatic hydroxyl groups excluding tert-OH is 2. The minimum absolute atomic E-state index is 0.0309. The number of halogens is 3. The molecule has 0 saturated heterocycles. The van der Waals surface area contributed by atoms with Gasteiger partial charge in [-0.2, -0.15) is 13.2 Å². The van der Waals surface area contributed by atoms with Crippen molar-refractivity contribution in [2.45, 2.75) is 71.8 Å². The Morgan fingerprint density at radius 3 is 2.38 bits per heavy atom. The largest absolute Gasteiger partial charge is 0.416 e. The maximum absolute atomic E-state index is 13.1. The van der Waals surface area contributed by atoms with E-state index in [4.69, 9.17) is 10.1 Å². The van der Waals surface area contributed by atoms with Crippen LogP contribution in [0.2, 0.25) is 0 Å². The van der Waals surface area contributed by atoms with Crippen molar-refractivity contribution in [2.75, 3.05) is 6.26 Å². The number of benzene rings is 1. The summed E-state index contributed by atoms with van der Waals surface area (Å²) in [5, 5.41) is 26.6. The zero-order valence-corrected chi connectivity index (χ0v) is 20.2. The Bertz CT molecular complexity index is 946. The quantitative estimate of drug-likeness (QED) is 0.491. The van der Waals surface area contributed by atoms with Crippen molar-refractivity contribution in [3.05, 3.63) is 63.5 Å². The van der Waals surface area contributed by atoms with Gasteiger partial charge in [0, 0.05) is 22.5 Å². The van der Waals surface area contributed by atoms with Gasteiger partial charge in [-0.1, -0.05) is 51.8 Å². The first-order chi connectivity index (χ1) is 14.7. The summed E-state index contributed by atoms with van der Waals surface area (Å²) >= 11 is 1.25. The molecule has 1 aromatic carbocycles. The fraction of sp³-hybridized carbons (Fsp3) is 0.542. The maximum atomic E-state index is 13.1. The lowest BCUT2D eigenvalue weighted by atomic mass is 9.72. The SMILES string of the molecule is CSN.Cc1c2c(nc(C(C)C)c1[C@@H](O)c1cccc(C(F)(F)F)c1)CC(C)(C)CC2O. The summed E-state index contributed by atoms with van der Waals surface area (Å²) in [5.74, 6) is -0.0309. The molecule has 3 rings (SSSR count). The highest BCUT2D eigenvalue weighted by Crippen LogP contribution is 2.45. The minimum atomic E-state index is -4.48. The van der Waals surface area contributed by atoms with Gasteiger partial charge in [-0.15, -0.1) is 0 Å². The van der Waals surface area contributed by atoms with E-state index in [0.717, 1.165) is 17.8 Å². The molecule has 0 bridgehead atoms. The molecule has 1 aliphatic rings. The first-order valence-corrected chi connectivity index (χ1v) is 11.8. The van der Waals surface area contributed by atoms with Crippen molar-refractivity contribution >= 4 is 11.9 Å². The van der Waals surface area contributed by atoms with Crippen molar-refractivity contribution in [1.29, 1.82) is 0 Å². The normalized spacial score (nSPS) is 18.6. The molecule has 0 spiro atoms. The average Bonchev–Trinajstić information content (AvgIpc) is 2.65. The smallest absolute Gasteiger partial charge is 0.388 e. The van der Waals surface area contributed by atoms with Crippen LogP contribution in [0.15, 0.2) is 24.3 Å². The predicted octanol–water partition coefficient (Wildman–Crippen LogP) is 5.84. The number of aromatic nitrogens is 1. The zero-order valence-electron chi connectivity index (χ0n) is 19.4. The number of nitrogens with zero attached hydrogens (tertiary/aromatic N) is 1. The molecule has 0 saturated carbocycles. The van der Waals surface area contributed by atoms with Gasteiger partial charge in [0.2, 0.25) is 0 Å². The highest BCUT2D eigenvalue weighted by atomic mass is 32.2. The van der Waals surface area contributed by atoms with Crippen LogP contribution in [0.25, 0.3) is 0 Å². The number of hydrogen-bond donors (Lipinski definition) is 3. The molecular formula is C24H33F3N2O2S. The van der Waals surface area contributed by atoms with Gasteiger partial charge in [0.25, 0.3) is 0 Å². The van der Waals surface area contributed by atoms with E-state index in [9.17, 15) is 23.4 Å². The Morgan fingerprint density at radius 2 is 1.84 bits per heavy atom. The maximum Gasteiger partial charge on any atom is 0.416 e. The van der Waals surface area contributed by atoms with Crippen LogP contribution in [-0.2, 0) is 12.6 Å². The molecule has 0 amide bonds. The molecule has 4 nitrogen and oxygen atoms in total. The van der Waals surface area contributed by atoms with Crippen molar-refractivity contribution in [3.63, 3.8) is 0 Å². The molecule has 178 valence electrons. The first kappa shape index (κ1) is 26.6. The van der Waals surface area contributed by atoms with E-state index >= 15 is 0 Å². The Morgan fingerprint density at radius 1 is 1.25 bits per heavy atom. The number of alkyl halides is 3. The molecule has 32 heavy (non-hydrogen) atoms. The van der Waals surface area contributed by atoms with E-state index in [-0.39, 0.29) is 16.9 Å². The van der Waals surface area contributed by atoms with E-state index in [1.165, 1.54) is 24.1 Å². The lowest BCUT2D eigenvalue weighted by molar-refractivity contribution is -0.137. The van der Waals surface area contributed by atoms with Crippen LogP contribution in [0.4, 0.5) is 13.2 Å². The minimum Gasteiger partial charge on any atom is -0.388 e.